The van der Waals surface area contributed by atoms with Gasteiger partial charge < -0.3 is 20.3 Å². The van der Waals surface area contributed by atoms with Gasteiger partial charge in [0.25, 0.3) is 0 Å². The first-order valence-electron chi connectivity index (χ1n) is 12.6. The van der Waals surface area contributed by atoms with Crippen LogP contribution in [0.1, 0.15) is 91.8 Å². The van der Waals surface area contributed by atoms with Gasteiger partial charge in [0, 0.05) is 12.1 Å². The Morgan fingerprint density at radius 3 is 2.15 bits per heavy atom. The molecule has 1 aliphatic carbocycles. The van der Waals surface area contributed by atoms with Crippen LogP contribution in [-0.4, -0.2) is 46.5 Å². The third-order valence-corrected chi connectivity index (χ3v) is 6.12. The largest absolute Gasteiger partial charge is 0.444 e. The van der Waals surface area contributed by atoms with Gasteiger partial charge in [-0.3, -0.25) is 9.59 Å². The van der Waals surface area contributed by atoms with Crippen molar-refractivity contribution < 1.29 is 19.1 Å². The minimum atomic E-state index is -0.832. The zero-order valence-electron chi connectivity index (χ0n) is 22.1. The maximum atomic E-state index is 13.7. The summed E-state index contributed by atoms with van der Waals surface area (Å²) in [6.07, 6.45) is 2.88. The van der Waals surface area contributed by atoms with Crippen molar-refractivity contribution in [2.24, 2.45) is 5.92 Å². The lowest BCUT2D eigenvalue weighted by Crippen LogP contribution is -2.53. The summed E-state index contributed by atoms with van der Waals surface area (Å²) in [5, 5.41) is 5.76. The van der Waals surface area contributed by atoms with Gasteiger partial charge >= 0.3 is 6.09 Å². The van der Waals surface area contributed by atoms with Crippen LogP contribution in [0.5, 0.6) is 0 Å². The lowest BCUT2D eigenvalue weighted by Gasteiger charge is -2.35. The molecule has 7 nitrogen and oxygen atoms in total. The Hall–Kier alpha value is -2.57. The highest BCUT2D eigenvalue weighted by Gasteiger charge is 2.47. The summed E-state index contributed by atoms with van der Waals surface area (Å²) in [6.45, 7) is 15.2. The molecule has 1 saturated carbocycles. The molecule has 7 heteroatoms. The van der Waals surface area contributed by atoms with Crippen LogP contribution in [0.25, 0.3) is 0 Å². The van der Waals surface area contributed by atoms with Crippen molar-refractivity contribution in [3.63, 3.8) is 0 Å². The number of benzene rings is 1. The molecule has 1 aromatic carbocycles. The number of hydrogen-bond donors (Lipinski definition) is 2. The summed E-state index contributed by atoms with van der Waals surface area (Å²) >= 11 is 0. The average molecular weight is 474 g/mol. The highest BCUT2D eigenvalue weighted by molar-refractivity contribution is 5.92. The van der Waals surface area contributed by atoms with Gasteiger partial charge in [-0.15, -0.1) is 0 Å². The maximum absolute atomic E-state index is 13.7. The van der Waals surface area contributed by atoms with Crippen molar-refractivity contribution in [2.75, 3.05) is 0 Å². The molecular weight excluding hydrogens is 430 g/mol. The molecule has 5 unspecified atom stereocenters. The van der Waals surface area contributed by atoms with Crippen molar-refractivity contribution in [1.82, 2.24) is 15.5 Å². The molecule has 0 heterocycles. The predicted molar refractivity (Wildman–Crippen MR) is 134 cm³/mol. The molecule has 3 amide bonds. The summed E-state index contributed by atoms with van der Waals surface area (Å²) in [5.41, 5.74) is 1.27. The van der Waals surface area contributed by atoms with E-state index in [1.54, 1.807) is 32.6 Å². The van der Waals surface area contributed by atoms with E-state index in [1.165, 1.54) is 5.56 Å². The minimum Gasteiger partial charge on any atom is -0.444 e. The van der Waals surface area contributed by atoms with Crippen LogP contribution >= 0.6 is 0 Å². The first kappa shape index (κ1) is 27.7. The minimum absolute atomic E-state index is 0.000746. The maximum Gasteiger partial charge on any atom is 0.408 e. The van der Waals surface area contributed by atoms with Crippen molar-refractivity contribution in [2.45, 2.75) is 111 Å². The molecule has 0 spiro atoms. The number of amides is 3. The van der Waals surface area contributed by atoms with E-state index in [-0.39, 0.29) is 29.8 Å². The first-order chi connectivity index (χ1) is 15.9. The molecule has 2 rings (SSSR count). The second-order valence-corrected chi connectivity index (χ2v) is 10.6. The summed E-state index contributed by atoms with van der Waals surface area (Å²) in [4.78, 5) is 41.3. The molecule has 0 radical (unpaired) electrons. The quantitative estimate of drug-likeness (QED) is 0.514. The molecule has 1 fully saturated rings. The molecule has 0 aromatic heterocycles. The number of aryl methyl sites for hydroxylation is 1. The Kier molecular flexibility index (Phi) is 9.54. The Bertz CT molecular complexity index is 846. The van der Waals surface area contributed by atoms with Gasteiger partial charge in [-0.05, 0) is 70.9 Å². The van der Waals surface area contributed by atoms with Crippen molar-refractivity contribution in [1.29, 1.82) is 0 Å². The van der Waals surface area contributed by atoms with Gasteiger partial charge in [0.15, 0.2) is 0 Å². The average Bonchev–Trinajstić information content (AvgIpc) is 3.45. The number of carbonyl (C=O) groups excluding carboxylic acids is 3. The molecule has 1 aliphatic rings. The van der Waals surface area contributed by atoms with Crippen LogP contribution in [-0.2, 0) is 20.7 Å². The Balaban J connectivity index is 2.37. The number of hydrogen-bond acceptors (Lipinski definition) is 4. The van der Waals surface area contributed by atoms with E-state index in [1.807, 2.05) is 31.2 Å². The fraction of sp³-hybridized carbons (Fsp3) is 0.667. The summed E-state index contributed by atoms with van der Waals surface area (Å²) in [5.74, 6) is -0.193. The standard InChI is InChI=1S/C27H43N3O4/c1-9-11-18(4)28-24(31)23(21-14-12-20(10-2)13-15-21)30(22-16-17(22)3)25(32)19(5)29-26(33)34-27(6,7)8/h12-15,17-19,22-23H,9-11,16H2,1-8H3,(H,28,31)(H,29,33). The molecule has 34 heavy (non-hydrogen) atoms. The fourth-order valence-corrected chi connectivity index (χ4v) is 4.14. The zero-order chi connectivity index (χ0) is 25.6. The van der Waals surface area contributed by atoms with Crippen LogP contribution in [0.15, 0.2) is 24.3 Å². The lowest BCUT2D eigenvalue weighted by atomic mass is 9.99. The highest BCUT2D eigenvalue weighted by atomic mass is 16.6. The molecule has 5 atom stereocenters. The van der Waals surface area contributed by atoms with Gasteiger partial charge in [-0.1, -0.05) is 51.5 Å². The van der Waals surface area contributed by atoms with Crippen LogP contribution in [0.3, 0.4) is 0 Å². The Morgan fingerprint density at radius 1 is 1.09 bits per heavy atom. The van der Waals surface area contributed by atoms with Crippen molar-refractivity contribution >= 4 is 17.9 Å². The molecule has 2 N–H and O–H groups in total. The number of ether oxygens (including phenoxy) is 1. The van der Waals surface area contributed by atoms with Gasteiger partial charge in [0.2, 0.25) is 11.8 Å². The molecular formula is C27H43N3O4. The third kappa shape index (κ3) is 7.74. The second-order valence-electron chi connectivity index (χ2n) is 10.6. The summed E-state index contributed by atoms with van der Waals surface area (Å²) in [6, 6.07) is 6.23. The van der Waals surface area contributed by atoms with E-state index in [0.717, 1.165) is 31.2 Å². The van der Waals surface area contributed by atoms with E-state index in [2.05, 4.69) is 31.4 Å². The number of carbonyl (C=O) groups is 3. The number of alkyl carbamates (subject to hydrolysis) is 1. The fourth-order valence-electron chi connectivity index (χ4n) is 4.14. The summed E-state index contributed by atoms with van der Waals surface area (Å²) < 4.78 is 5.33. The van der Waals surface area contributed by atoms with Crippen LogP contribution in [0.4, 0.5) is 4.79 Å². The Labute approximate surface area is 205 Å². The smallest absolute Gasteiger partial charge is 0.408 e. The molecule has 0 aliphatic heterocycles. The monoisotopic (exact) mass is 473 g/mol. The first-order valence-corrected chi connectivity index (χ1v) is 12.6. The Morgan fingerprint density at radius 2 is 1.68 bits per heavy atom. The van der Waals surface area contributed by atoms with Crippen LogP contribution < -0.4 is 10.6 Å². The normalized spacial score (nSPS) is 20.0. The molecule has 0 bridgehead atoms. The molecule has 1 aromatic rings. The third-order valence-electron chi connectivity index (χ3n) is 6.12. The lowest BCUT2D eigenvalue weighted by molar-refractivity contribution is -0.143. The number of nitrogens with zero attached hydrogens (tertiary/aromatic N) is 1. The van der Waals surface area contributed by atoms with Crippen molar-refractivity contribution in [3.05, 3.63) is 35.4 Å². The number of rotatable bonds is 10. The molecule has 190 valence electrons. The number of nitrogens with one attached hydrogen (secondary N) is 2. The van der Waals surface area contributed by atoms with Crippen LogP contribution in [0.2, 0.25) is 0 Å². The second kappa shape index (κ2) is 11.7. The van der Waals surface area contributed by atoms with Gasteiger partial charge in [-0.25, -0.2) is 4.79 Å². The van der Waals surface area contributed by atoms with Crippen molar-refractivity contribution in [3.8, 4) is 0 Å². The van der Waals surface area contributed by atoms with E-state index < -0.39 is 23.8 Å². The van der Waals surface area contributed by atoms with Gasteiger partial charge in [0.1, 0.15) is 17.7 Å². The van der Waals surface area contributed by atoms with E-state index in [0.29, 0.717) is 0 Å². The zero-order valence-corrected chi connectivity index (χ0v) is 22.1. The van der Waals surface area contributed by atoms with Crippen LogP contribution in [0, 0.1) is 5.92 Å². The summed E-state index contributed by atoms with van der Waals surface area (Å²) in [7, 11) is 0. The highest BCUT2D eigenvalue weighted by Crippen LogP contribution is 2.40. The van der Waals surface area contributed by atoms with E-state index in [9.17, 15) is 14.4 Å². The van der Waals surface area contributed by atoms with Gasteiger partial charge in [0.05, 0.1) is 0 Å². The molecule has 0 saturated heterocycles. The van der Waals surface area contributed by atoms with E-state index >= 15 is 0 Å². The SMILES string of the molecule is CCCC(C)NC(=O)C(c1ccc(CC)cc1)N(C(=O)C(C)NC(=O)OC(C)(C)C)C1CC1C. The van der Waals surface area contributed by atoms with E-state index in [4.69, 9.17) is 4.74 Å². The van der Waals surface area contributed by atoms with Gasteiger partial charge in [-0.2, -0.15) is 0 Å². The topological polar surface area (TPSA) is 87.7 Å². The predicted octanol–water partition coefficient (Wildman–Crippen LogP) is 4.75.